The van der Waals surface area contributed by atoms with E-state index in [-0.39, 0.29) is 11.8 Å². The van der Waals surface area contributed by atoms with E-state index in [0.29, 0.717) is 5.13 Å². The van der Waals surface area contributed by atoms with Gasteiger partial charge in [-0.25, -0.2) is 4.98 Å². The number of hydrogen-bond acceptors (Lipinski definition) is 4. The molecule has 1 aliphatic rings. The van der Waals surface area contributed by atoms with Crippen LogP contribution in [0.1, 0.15) is 25.0 Å². The third kappa shape index (κ3) is 2.18. The van der Waals surface area contributed by atoms with Gasteiger partial charge in [-0.1, -0.05) is 6.42 Å². The Hall–Kier alpha value is -1.62. The lowest BCUT2D eigenvalue weighted by atomic mass is 9.85. The fourth-order valence-corrected chi connectivity index (χ4v) is 2.60. The van der Waals surface area contributed by atoms with Crippen molar-refractivity contribution in [3.8, 4) is 11.5 Å². The molecule has 18 heavy (non-hydrogen) atoms. The lowest BCUT2D eigenvalue weighted by molar-refractivity contribution is -0.122. The van der Waals surface area contributed by atoms with Crippen LogP contribution in [-0.4, -0.2) is 10.9 Å². The predicted molar refractivity (Wildman–Crippen MR) is 70.5 cm³/mol. The number of amides is 1. The highest BCUT2D eigenvalue weighted by molar-refractivity contribution is 7.14. The second-order valence-corrected chi connectivity index (χ2v) is 5.42. The van der Waals surface area contributed by atoms with E-state index < -0.39 is 0 Å². The minimum atomic E-state index is 0.0952. The average molecular weight is 262 g/mol. The Kier molecular flexibility index (Phi) is 2.91. The van der Waals surface area contributed by atoms with Gasteiger partial charge in [-0.15, -0.1) is 11.3 Å². The van der Waals surface area contributed by atoms with E-state index in [2.05, 4.69) is 10.3 Å². The molecule has 1 aliphatic carbocycles. The molecule has 0 unspecified atom stereocenters. The normalized spacial score (nSPS) is 15.4. The second kappa shape index (κ2) is 4.57. The number of nitrogens with zero attached hydrogens (tertiary/aromatic N) is 1. The summed E-state index contributed by atoms with van der Waals surface area (Å²) in [4.78, 5) is 16.1. The second-order valence-electron chi connectivity index (χ2n) is 4.57. The number of aromatic nitrogens is 1. The largest absolute Gasteiger partial charge is 0.460 e. The van der Waals surface area contributed by atoms with Gasteiger partial charge in [0.1, 0.15) is 11.5 Å². The van der Waals surface area contributed by atoms with E-state index in [4.69, 9.17) is 4.42 Å². The molecule has 0 spiro atoms. The SMILES string of the molecule is Cc1ccc(-c2csc(NC(=O)C3CCC3)n2)o1. The fraction of sp³-hybridized carbons (Fsp3) is 0.385. The number of carbonyl (C=O) groups is 1. The highest BCUT2D eigenvalue weighted by Gasteiger charge is 2.25. The van der Waals surface area contributed by atoms with Crippen LogP contribution in [-0.2, 0) is 4.79 Å². The van der Waals surface area contributed by atoms with E-state index >= 15 is 0 Å². The van der Waals surface area contributed by atoms with Gasteiger partial charge in [0.25, 0.3) is 0 Å². The molecule has 2 aromatic heterocycles. The fourth-order valence-electron chi connectivity index (χ4n) is 1.89. The molecular formula is C13H14N2O2S. The first-order chi connectivity index (χ1) is 8.72. The topological polar surface area (TPSA) is 55.1 Å². The number of carbonyl (C=O) groups excluding carboxylic acids is 1. The number of thiazole rings is 1. The van der Waals surface area contributed by atoms with Gasteiger partial charge in [0.05, 0.1) is 0 Å². The molecule has 2 heterocycles. The van der Waals surface area contributed by atoms with Gasteiger partial charge in [-0.3, -0.25) is 4.79 Å². The number of hydrogen-bond donors (Lipinski definition) is 1. The molecule has 1 fully saturated rings. The van der Waals surface area contributed by atoms with Crippen molar-refractivity contribution in [2.75, 3.05) is 5.32 Å². The van der Waals surface area contributed by atoms with Crippen LogP contribution in [0.2, 0.25) is 0 Å². The molecule has 1 amide bonds. The van der Waals surface area contributed by atoms with Gasteiger partial charge in [0, 0.05) is 11.3 Å². The summed E-state index contributed by atoms with van der Waals surface area (Å²) < 4.78 is 5.50. The average Bonchev–Trinajstić information content (AvgIpc) is 2.84. The van der Waals surface area contributed by atoms with Crippen LogP contribution in [0.3, 0.4) is 0 Å². The first-order valence-electron chi connectivity index (χ1n) is 6.05. The van der Waals surface area contributed by atoms with Crippen LogP contribution in [0.5, 0.6) is 0 Å². The maximum atomic E-state index is 11.8. The zero-order valence-electron chi connectivity index (χ0n) is 10.1. The van der Waals surface area contributed by atoms with Crippen molar-refractivity contribution < 1.29 is 9.21 Å². The minimum Gasteiger partial charge on any atom is -0.460 e. The molecule has 0 saturated heterocycles. The van der Waals surface area contributed by atoms with Crippen molar-refractivity contribution in [3.05, 3.63) is 23.3 Å². The molecule has 4 nitrogen and oxygen atoms in total. The predicted octanol–water partition coefficient (Wildman–Crippen LogP) is 3.45. The number of rotatable bonds is 3. The third-order valence-corrected chi connectivity index (χ3v) is 3.96. The summed E-state index contributed by atoms with van der Waals surface area (Å²) in [6.07, 6.45) is 3.16. The van der Waals surface area contributed by atoms with Crippen LogP contribution in [0, 0.1) is 12.8 Å². The smallest absolute Gasteiger partial charge is 0.229 e. The quantitative estimate of drug-likeness (QED) is 0.921. The maximum absolute atomic E-state index is 11.8. The van der Waals surface area contributed by atoms with Crippen molar-refractivity contribution in [2.45, 2.75) is 26.2 Å². The molecule has 0 aromatic carbocycles. The Labute approximate surface area is 109 Å². The summed E-state index contributed by atoms with van der Waals surface area (Å²) >= 11 is 1.43. The summed E-state index contributed by atoms with van der Waals surface area (Å²) in [5.41, 5.74) is 0.775. The van der Waals surface area contributed by atoms with Gasteiger partial charge in [-0.2, -0.15) is 0 Å². The van der Waals surface area contributed by atoms with Crippen LogP contribution in [0.4, 0.5) is 5.13 Å². The zero-order valence-corrected chi connectivity index (χ0v) is 10.9. The van der Waals surface area contributed by atoms with Crippen molar-refractivity contribution in [1.82, 2.24) is 4.98 Å². The van der Waals surface area contributed by atoms with Crippen molar-refractivity contribution in [1.29, 1.82) is 0 Å². The summed E-state index contributed by atoms with van der Waals surface area (Å²) in [7, 11) is 0. The number of nitrogens with one attached hydrogen (secondary N) is 1. The van der Waals surface area contributed by atoms with Crippen molar-refractivity contribution in [2.24, 2.45) is 5.92 Å². The lowest BCUT2D eigenvalue weighted by Crippen LogP contribution is -2.27. The lowest BCUT2D eigenvalue weighted by Gasteiger charge is -2.23. The first kappa shape index (κ1) is 11.5. The van der Waals surface area contributed by atoms with Crippen LogP contribution in [0.15, 0.2) is 21.9 Å². The molecule has 0 bridgehead atoms. The van der Waals surface area contributed by atoms with Crippen molar-refractivity contribution >= 4 is 22.4 Å². The molecule has 2 aromatic rings. The highest BCUT2D eigenvalue weighted by atomic mass is 32.1. The minimum absolute atomic E-state index is 0.0952. The first-order valence-corrected chi connectivity index (χ1v) is 6.93. The van der Waals surface area contributed by atoms with E-state index in [9.17, 15) is 4.79 Å². The molecule has 0 aliphatic heterocycles. The maximum Gasteiger partial charge on any atom is 0.229 e. The van der Waals surface area contributed by atoms with E-state index in [1.807, 2.05) is 24.4 Å². The van der Waals surface area contributed by atoms with E-state index in [1.54, 1.807) is 0 Å². The summed E-state index contributed by atoms with van der Waals surface area (Å²) in [6.45, 7) is 1.90. The molecule has 1 N–H and O–H groups in total. The number of furan rings is 1. The molecule has 0 atom stereocenters. The molecule has 94 valence electrons. The van der Waals surface area contributed by atoms with Crippen LogP contribution >= 0.6 is 11.3 Å². The molecule has 0 radical (unpaired) electrons. The van der Waals surface area contributed by atoms with E-state index in [1.165, 1.54) is 11.3 Å². The van der Waals surface area contributed by atoms with Gasteiger partial charge in [0.2, 0.25) is 5.91 Å². The van der Waals surface area contributed by atoms with E-state index in [0.717, 1.165) is 36.5 Å². The number of anilines is 1. The Morgan fingerprint density at radius 2 is 2.33 bits per heavy atom. The molecule has 1 saturated carbocycles. The molecule has 3 rings (SSSR count). The van der Waals surface area contributed by atoms with Crippen LogP contribution < -0.4 is 5.32 Å². The molecule has 5 heteroatoms. The number of aryl methyl sites for hydroxylation is 1. The summed E-state index contributed by atoms with van der Waals surface area (Å²) in [6, 6.07) is 3.79. The zero-order chi connectivity index (χ0) is 12.5. The third-order valence-electron chi connectivity index (χ3n) is 3.20. The summed E-state index contributed by atoms with van der Waals surface area (Å²) in [5, 5.41) is 5.41. The van der Waals surface area contributed by atoms with Gasteiger partial charge in [0.15, 0.2) is 10.9 Å². The van der Waals surface area contributed by atoms with Crippen LogP contribution in [0.25, 0.3) is 11.5 Å². The Balaban J connectivity index is 1.71. The standard InChI is InChI=1S/C13H14N2O2S/c1-8-5-6-11(17-8)10-7-18-13(14-10)15-12(16)9-3-2-4-9/h5-7,9H,2-4H2,1H3,(H,14,15,16). The Morgan fingerprint density at radius 1 is 1.50 bits per heavy atom. The van der Waals surface area contributed by atoms with Crippen molar-refractivity contribution in [3.63, 3.8) is 0 Å². The van der Waals surface area contributed by atoms with Gasteiger partial charge in [-0.05, 0) is 31.9 Å². The van der Waals surface area contributed by atoms with Gasteiger partial charge < -0.3 is 9.73 Å². The van der Waals surface area contributed by atoms with Gasteiger partial charge >= 0.3 is 0 Å². The Bertz CT molecular complexity index is 569. The molecular weight excluding hydrogens is 248 g/mol. The Morgan fingerprint density at radius 3 is 2.94 bits per heavy atom. The summed E-state index contributed by atoms with van der Waals surface area (Å²) in [5.74, 6) is 1.88. The highest BCUT2D eigenvalue weighted by Crippen LogP contribution is 2.30. The monoisotopic (exact) mass is 262 g/mol.